The summed E-state index contributed by atoms with van der Waals surface area (Å²) in [6.07, 6.45) is 0.446. The van der Waals surface area contributed by atoms with Gasteiger partial charge in [0.05, 0.1) is 26.7 Å². The Morgan fingerprint density at radius 1 is 1.07 bits per heavy atom. The van der Waals surface area contributed by atoms with Crippen molar-refractivity contribution in [2.24, 2.45) is 0 Å². The molecule has 0 spiro atoms. The van der Waals surface area contributed by atoms with Gasteiger partial charge in [-0.25, -0.2) is 0 Å². The van der Waals surface area contributed by atoms with E-state index in [0.717, 1.165) is 11.3 Å². The highest BCUT2D eigenvalue weighted by atomic mass is 16.6. The van der Waals surface area contributed by atoms with E-state index in [-0.39, 0.29) is 30.7 Å². The number of carbonyl (C=O) groups excluding carboxylic acids is 2. The van der Waals surface area contributed by atoms with E-state index in [1.54, 1.807) is 43.4 Å². The van der Waals surface area contributed by atoms with Gasteiger partial charge in [0.2, 0.25) is 11.8 Å². The highest BCUT2D eigenvalue weighted by Crippen LogP contribution is 2.35. The zero-order valence-corrected chi connectivity index (χ0v) is 17.0. The van der Waals surface area contributed by atoms with Crippen LogP contribution in [0, 0.1) is 0 Å². The number of nitrogens with one attached hydrogen (secondary N) is 1. The lowest BCUT2D eigenvalue weighted by atomic mass is 10.1. The van der Waals surface area contributed by atoms with Crippen molar-refractivity contribution in [1.29, 1.82) is 0 Å². The summed E-state index contributed by atoms with van der Waals surface area (Å²) in [6, 6.07) is 10.6. The van der Waals surface area contributed by atoms with E-state index in [1.165, 1.54) is 0 Å². The molecule has 0 radical (unpaired) electrons. The Hall–Kier alpha value is -3.42. The first-order valence-electron chi connectivity index (χ1n) is 9.77. The lowest BCUT2D eigenvalue weighted by molar-refractivity contribution is -0.121. The summed E-state index contributed by atoms with van der Waals surface area (Å²) in [7, 11) is 3.12. The zero-order valence-electron chi connectivity index (χ0n) is 17.0. The van der Waals surface area contributed by atoms with Crippen molar-refractivity contribution in [2.45, 2.75) is 18.9 Å². The van der Waals surface area contributed by atoms with Crippen LogP contribution < -0.4 is 29.2 Å². The Morgan fingerprint density at radius 3 is 2.60 bits per heavy atom. The van der Waals surface area contributed by atoms with E-state index in [9.17, 15) is 9.59 Å². The van der Waals surface area contributed by atoms with Gasteiger partial charge in [-0.15, -0.1) is 0 Å². The van der Waals surface area contributed by atoms with Gasteiger partial charge in [-0.05, 0) is 29.8 Å². The van der Waals surface area contributed by atoms with Crippen LogP contribution in [0.15, 0.2) is 36.4 Å². The first kappa shape index (κ1) is 19.9. The van der Waals surface area contributed by atoms with Gasteiger partial charge in [0.15, 0.2) is 23.0 Å². The second-order valence-corrected chi connectivity index (χ2v) is 7.17. The lowest BCUT2D eigenvalue weighted by Gasteiger charge is -2.22. The van der Waals surface area contributed by atoms with Crippen LogP contribution in [0.25, 0.3) is 0 Å². The minimum atomic E-state index is -0.252. The van der Waals surface area contributed by atoms with Crippen LogP contribution in [0.3, 0.4) is 0 Å². The third-order valence-electron chi connectivity index (χ3n) is 5.14. The molecular formula is C22H24N2O6. The number of nitrogens with zero attached hydrogens (tertiary/aromatic N) is 1. The number of hydrogen-bond acceptors (Lipinski definition) is 6. The largest absolute Gasteiger partial charge is 0.493 e. The summed E-state index contributed by atoms with van der Waals surface area (Å²) in [5, 5.41) is 2.96. The van der Waals surface area contributed by atoms with Crippen molar-refractivity contribution in [3.8, 4) is 23.0 Å². The quantitative estimate of drug-likeness (QED) is 0.781. The molecule has 1 fully saturated rings. The second kappa shape index (κ2) is 8.52. The first-order valence-corrected chi connectivity index (χ1v) is 9.77. The smallest absolute Gasteiger partial charge is 0.229 e. The van der Waals surface area contributed by atoms with Crippen LogP contribution in [0.1, 0.15) is 12.0 Å². The number of ether oxygens (including phenoxy) is 4. The summed E-state index contributed by atoms with van der Waals surface area (Å²) in [5.74, 6) is 2.30. The number of fused-ring (bicyclic) bond motifs is 1. The Morgan fingerprint density at radius 2 is 1.83 bits per heavy atom. The van der Waals surface area contributed by atoms with Gasteiger partial charge in [-0.2, -0.15) is 0 Å². The molecule has 4 rings (SSSR count). The Labute approximate surface area is 174 Å². The number of methoxy groups -OCH3 is 2. The maximum atomic E-state index is 12.5. The molecule has 2 aliphatic rings. The molecule has 2 aliphatic heterocycles. The Balaban J connectivity index is 1.38. The van der Waals surface area contributed by atoms with Gasteiger partial charge in [0.25, 0.3) is 0 Å². The van der Waals surface area contributed by atoms with E-state index >= 15 is 0 Å². The number of carbonyl (C=O) groups is 2. The summed E-state index contributed by atoms with van der Waals surface area (Å²) in [6.45, 7) is 1.42. The topological polar surface area (TPSA) is 86.3 Å². The molecule has 2 heterocycles. The molecule has 0 bridgehead atoms. The highest BCUT2D eigenvalue weighted by molar-refractivity contribution is 5.97. The molecule has 8 heteroatoms. The number of amides is 2. The number of benzene rings is 2. The summed E-state index contributed by atoms with van der Waals surface area (Å²) in [5.41, 5.74) is 1.54. The van der Waals surface area contributed by atoms with E-state index in [0.29, 0.717) is 42.8 Å². The van der Waals surface area contributed by atoms with Gasteiger partial charge in [0, 0.05) is 24.7 Å². The van der Waals surface area contributed by atoms with Gasteiger partial charge >= 0.3 is 0 Å². The van der Waals surface area contributed by atoms with E-state index in [1.807, 2.05) is 12.1 Å². The molecule has 8 nitrogen and oxygen atoms in total. The van der Waals surface area contributed by atoms with E-state index in [2.05, 4.69) is 5.32 Å². The van der Waals surface area contributed by atoms with Crippen molar-refractivity contribution in [3.05, 3.63) is 42.0 Å². The molecule has 1 unspecified atom stereocenters. The summed E-state index contributed by atoms with van der Waals surface area (Å²) < 4.78 is 21.6. The average molecular weight is 412 g/mol. The monoisotopic (exact) mass is 412 g/mol. The molecule has 158 valence electrons. The third kappa shape index (κ3) is 4.12. The van der Waals surface area contributed by atoms with Gasteiger partial charge < -0.3 is 29.2 Å². The first-order chi connectivity index (χ1) is 14.6. The summed E-state index contributed by atoms with van der Waals surface area (Å²) in [4.78, 5) is 26.7. The van der Waals surface area contributed by atoms with Crippen LogP contribution in [0.4, 0.5) is 5.69 Å². The second-order valence-electron chi connectivity index (χ2n) is 7.17. The molecule has 30 heavy (non-hydrogen) atoms. The van der Waals surface area contributed by atoms with Crippen molar-refractivity contribution in [3.63, 3.8) is 0 Å². The zero-order chi connectivity index (χ0) is 21.1. The maximum Gasteiger partial charge on any atom is 0.229 e. The number of rotatable bonds is 6. The molecule has 2 aromatic rings. The van der Waals surface area contributed by atoms with Crippen molar-refractivity contribution in [2.75, 3.05) is 38.9 Å². The molecule has 2 aromatic carbocycles. The van der Waals surface area contributed by atoms with Crippen LogP contribution in [-0.2, 0) is 16.0 Å². The van der Waals surface area contributed by atoms with E-state index in [4.69, 9.17) is 18.9 Å². The van der Waals surface area contributed by atoms with Crippen molar-refractivity contribution < 1.29 is 28.5 Å². The molecule has 0 aromatic heterocycles. The molecular weight excluding hydrogens is 388 g/mol. The molecule has 2 amide bonds. The van der Waals surface area contributed by atoms with Crippen molar-refractivity contribution in [1.82, 2.24) is 5.32 Å². The molecule has 1 saturated heterocycles. The average Bonchev–Trinajstić information content (AvgIpc) is 3.12. The normalized spacial score (nSPS) is 17.6. The van der Waals surface area contributed by atoms with Gasteiger partial charge in [0.1, 0.15) is 13.2 Å². The standard InChI is InChI=1S/C22H24N2O6/c1-27-17-5-3-14(9-19(17)28-2)10-21(25)23-15-11-22(26)24(13-15)16-4-6-18-20(12-16)30-8-7-29-18/h3-6,9,12,15H,7-8,10-11,13H2,1-2H3,(H,23,25). The van der Waals surface area contributed by atoms with Gasteiger partial charge in [-0.3, -0.25) is 9.59 Å². The fourth-order valence-electron chi connectivity index (χ4n) is 3.71. The van der Waals surface area contributed by atoms with E-state index < -0.39 is 0 Å². The van der Waals surface area contributed by atoms with Crippen LogP contribution >= 0.6 is 0 Å². The molecule has 0 saturated carbocycles. The highest BCUT2D eigenvalue weighted by Gasteiger charge is 2.32. The van der Waals surface area contributed by atoms with Crippen LogP contribution in [0.5, 0.6) is 23.0 Å². The third-order valence-corrected chi connectivity index (χ3v) is 5.14. The van der Waals surface area contributed by atoms with Crippen LogP contribution in [-0.4, -0.2) is 51.8 Å². The Kier molecular flexibility index (Phi) is 5.65. The minimum absolute atomic E-state index is 0.0388. The predicted octanol–water partition coefficient (Wildman–Crippen LogP) is 1.94. The lowest BCUT2D eigenvalue weighted by Crippen LogP contribution is -2.38. The molecule has 0 aliphatic carbocycles. The fourth-order valence-corrected chi connectivity index (χ4v) is 3.71. The maximum absolute atomic E-state index is 12.5. The van der Waals surface area contributed by atoms with Crippen LogP contribution in [0.2, 0.25) is 0 Å². The number of hydrogen-bond donors (Lipinski definition) is 1. The fraction of sp³-hybridized carbons (Fsp3) is 0.364. The van der Waals surface area contributed by atoms with Gasteiger partial charge in [-0.1, -0.05) is 6.07 Å². The molecule has 1 atom stereocenters. The Bertz CT molecular complexity index is 961. The SMILES string of the molecule is COc1ccc(CC(=O)NC2CC(=O)N(c3ccc4c(c3)OCCO4)C2)cc1OC. The predicted molar refractivity (Wildman–Crippen MR) is 110 cm³/mol. The summed E-state index contributed by atoms with van der Waals surface area (Å²) >= 11 is 0. The van der Waals surface area contributed by atoms with Crippen molar-refractivity contribution >= 4 is 17.5 Å². The minimum Gasteiger partial charge on any atom is -0.493 e. The molecule has 1 N–H and O–H groups in total. The number of anilines is 1.